The van der Waals surface area contributed by atoms with E-state index >= 15 is 0 Å². The van der Waals surface area contributed by atoms with E-state index in [-0.39, 0.29) is 16.2 Å². The first-order chi connectivity index (χ1) is 9.81. The molecule has 0 atom stereocenters. The second-order valence-corrected chi connectivity index (χ2v) is 8.37. The van der Waals surface area contributed by atoms with Gasteiger partial charge in [-0.05, 0) is 23.8 Å². The van der Waals surface area contributed by atoms with E-state index in [9.17, 15) is 8.42 Å². The smallest absolute Gasteiger partial charge is 0.215 e. The first kappa shape index (κ1) is 16.4. The molecule has 21 heavy (non-hydrogen) atoms. The minimum absolute atomic E-state index is 0.0867. The fourth-order valence-electron chi connectivity index (χ4n) is 2.83. The molecule has 3 N–H and O–H groups in total. The Labute approximate surface area is 132 Å². The first-order valence-corrected chi connectivity index (χ1v) is 9.22. The van der Waals surface area contributed by atoms with E-state index in [0.29, 0.717) is 17.7 Å². The highest BCUT2D eigenvalue weighted by Crippen LogP contribution is 2.36. The summed E-state index contributed by atoms with van der Waals surface area (Å²) in [5.41, 5.74) is 7.01. The lowest BCUT2D eigenvalue weighted by Gasteiger charge is -2.23. The quantitative estimate of drug-likeness (QED) is 0.787. The molecule has 6 heteroatoms. The van der Waals surface area contributed by atoms with E-state index in [1.54, 1.807) is 24.3 Å². The van der Waals surface area contributed by atoms with Crippen LogP contribution in [-0.2, 0) is 15.8 Å². The molecule has 1 fully saturated rings. The van der Waals surface area contributed by atoms with Crippen LogP contribution in [-0.4, -0.2) is 20.0 Å². The Hall–Kier alpha value is -0.980. The van der Waals surface area contributed by atoms with Crippen LogP contribution < -0.4 is 10.5 Å². The molecule has 116 valence electrons. The molecule has 0 amide bonds. The number of nitrogens with two attached hydrogens (primary N) is 1. The molecule has 1 aromatic carbocycles. The lowest BCUT2D eigenvalue weighted by atomic mass is 9.89. The molecule has 0 aromatic heterocycles. The predicted octanol–water partition coefficient (Wildman–Crippen LogP) is 2.32. The highest BCUT2D eigenvalue weighted by Gasteiger charge is 2.30. The molecule has 0 spiro atoms. The molecule has 2 rings (SSSR count). The maximum atomic E-state index is 12.3. The van der Waals surface area contributed by atoms with Gasteiger partial charge in [-0.25, -0.2) is 13.1 Å². The highest BCUT2D eigenvalue weighted by atomic mass is 32.2. The summed E-state index contributed by atoms with van der Waals surface area (Å²) in [6, 6.07) is 7.11. The number of thiocarbonyl (C=S) groups is 1. The summed E-state index contributed by atoms with van der Waals surface area (Å²) >= 11 is 4.97. The summed E-state index contributed by atoms with van der Waals surface area (Å²) in [7, 11) is -3.38. The Morgan fingerprint density at radius 1 is 1.33 bits per heavy atom. The van der Waals surface area contributed by atoms with Crippen LogP contribution in [0.1, 0.15) is 43.7 Å². The molecule has 0 heterocycles. The van der Waals surface area contributed by atoms with Crippen LogP contribution in [0, 0.1) is 5.41 Å². The van der Waals surface area contributed by atoms with Gasteiger partial charge in [-0.3, -0.25) is 0 Å². The van der Waals surface area contributed by atoms with Crippen molar-refractivity contribution in [2.75, 3.05) is 6.54 Å². The van der Waals surface area contributed by atoms with Gasteiger partial charge < -0.3 is 5.73 Å². The van der Waals surface area contributed by atoms with Gasteiger partial charge >= 0.3 is 0 Å². The summed E-state index contributed by atoms with van der Waals surface area (Å²) in [6.07, 6.45) is 4.53. The topological polar surface area (TPSA) is 72.2 Å². The van der Waals surface area contributed by atoms with E-state index in [2.05, 4.69) is 11.6 Å². The fraction of sp³-hybridized carbons (Fsp3) is 0.533. The van der Waals surface area contributed by atoms with Crippen molar-refractivity contribution in [3.8, 4) is 0 Å². The van der Waals surface area contributed by atoms with Gasteiger partial charge in [-0.1, -0.05) is 56.2 Å². The van der Waals surface area contributed by atoms with Gasteiger partial charge in [0.2, 0.25) is 10.0 Å². The van der Waals surface area contributed by atoms with Crippen LogP contribution in [0.5, 0.6) is 0 Å². The van der Waals surface area contributed by atoms with Crippen molar-refractivity contribution < 1.29 is 8.42 Å². The number of rotatable bonds is 6. The predicted molar refractivity (Wildman–Crippen MR) is 89.5 cm³/mol. The van der Waals surface area contributed by atoms with Crippen LogP contribution in [0.4, 0.5) is 0 Å². The number of sulfonamides is 1. The average molecular weight is 326 g/mol. The Bertz CT molecular complexity index is 620. The standard InChI is InChI=1S/C15H22N2O2S2/c1-15(8-4-5-9-15)11-17-21(18,19)10-12-6-2-3-7-13(12)14(16)20/h2-3,6-7,17H,4-5,8-11H2,1H3,(H2,16,20). The van der Waals surface area contributed by atoms with E-state index in [1.165, 1.54) is 12.8 Å². The third kappa shape index (κ3) is 4.49. The van der Waals surface area contributed by atoms with Crippen molar-refractivity contribution in [1.29, 1.82) is 0 Å². The van der Waals surface area contributed by atoms with Crippen LogP contribution >= 0.6 is 12.2 Å². The van der Waals surface area contributed by atoms with Crippen LogP contribution in [0.25, 0.3) is 0 Å². The number of hydrogen-bond acceptors (Lipinski definition) is 3. The Kier molecular flexibility index (Phi) is 5.01. The van der Waals surface area contributed by atoms with E-state index in [0.717, 1.165) is 12.8 Å². The zero-order chi connectivity index (χ0) is 15.5. The normalized spacial score (nSPS) is 17.8. The maximum absolute atomic E-state index is 12.3. The SMILES string of the molecule is CC1(CNS(=O)(=O)Cc2ccccc2C(N)=S)CCCC1. The molecule has 0 radical (unpaired) electrons. The first-order valence-electron chi connectivity index (χ1n) is 7.16. The zero-order valence-corrected chi connectivity index (χ0v) is 13.9. The molecule has 1 aliphatic rings. The van der Waals surface area contributed by atoms with Crippen molar-refractivity contribution in [2.45, 2.75) is 38.4 Å². The molecule has 1 aliphatic carbocycles. The monoisotopic (exact) mass is 326 g/mol. The third-order valence-corrected chi connectivity index (χ3v) is 5.65. The zero-order valence-electron chi connectivity index (χ0n) is 12.3. The second-order valence-electron chi connectivity index (χ2n) is 6.12. The van der Waals surface area contributed by atoms with E-state index < -0.39 is 10.0 Å². The molecule has 1 saturated carbocycles. The number of hydrogen-bond donors (Lipinski definition) is 2. The van der Waals surface area contributed by atoms with Gasteiger partial charge in [-0.15, -0.1) is 0 Å². The largest absolute Gasteiger partial charge is 0.389 e. The van der Waals surface area contributed by atoms with Gasteiger partial charge in [0.1, 0.15) is 4.99 Å². The Morgan fingerprint density at radius 3 is 2.57 bits per heavy atom. The fourth-order valence-corrected chi connectivity index (χ4v) is 4.36. The van der Waals surface area contributed by atoms with Gasteiger partial charge in [0, 0.05) is 12.1 Å². The van der Waals surface area contributed by atoms with Gasteiger partial charge in [0.05, 0.1) is 5.75 Å². The minimum atomic E-state index is -3.38. The summed E-state index contributed by atoms with van der Waals surface area (Å²) in [4.78, 5) is 0.226. The average Bonchev–Trinajstić information content (AvgIpc) is 2.84. The minimum Gasteiger partial charge on any atom is -0.389 e. The van der Waals surface area contributed by atoms with Gasteiger partial charge in [-0.2, -0.15) is 0 Å². The molecule has 0 saturated heterocycles. The Morgan fingerprint density at radius 2 is 1.95 bits per heavy atom. The van der Waals surface area contributed by atoms with Crippen LogP contribution in [0.15, 0.2) is 24.3 Å². The molecule has 0 aliphatic heterocycles. The molecular formula is C15H22N2O2S2. The van der Waals surface area contributed by atoms with E-state index in [4.69, 9.17) is 18.0 Å². The van der Waals surface area contributed by atoms with E-state index in [1.807, 2.05) is 0 Å². The van der Waals surface area contributed by atoms with Crippen molar-refractivity contribution in [3.05, 3.63) is 35.4 Å². The van der Waals surface area contributed by atoms with Gasteiger partial charge in [0.15, 0.2) is 0 Å². The molecule has 0 bridgehead atoms. The van der Waals surface area contributed by atoms with Crippen LogP contribution in [0.3, 0.4) is 0 Å². The Balaban J connectivity index is 2.06. The molecule has 4 nitrogen and oxygen atoms in total. The van der Waals surface area contributed by atoms with Gasteiger partial charge in [0.25, 0.3) is 0 Å². The van der Waals surface area contributed by atoms with Crippen molar-refractivity contribution in [3.63, 3.8) is 0 Å². The van der Waals surface area contributed by atoms with Crippen LogP contribution in [0.2, 0.25) is 0 Å². The summed E-state index contributed by atoms with van der Waals surface area (Å²) in [5, 5.41) is 0. The molecular weight excluding hydrogens is 304 g/mol. The summed E-state index contributed by atoms with van der Waals surface area (Å²) in [6.45, 7) is 2.65. The highest BCUT2D eigenvalue weighted by molar-refractivity contribution is 7.88. The summed E-state index contributed by atoms with van der Waals surface area (Å²) in [5.74, 6) is -0.0867. The van der Waals surface area contributed by atoms with Crippen molar-refractivity contribution in [1.82, 2.24) is 4.72 Å². The maximum Gasteiger partial charge on any atom is 0.215 e. The lowest BCUT2D eigenvalue weighted by Crippen LogP contribution is -2.35. The van der Waals surface area contributed by atoms with Crippen molar-refractivity contribution >= 4 is 27.2 Å². The second kappa shape index (κ2) is 6.42. The van der Waals surface area contributed by atoms with Crippen molar-refractivity contribution in [2.24, 2.45) is 11.1 Å². The number of nitrogens with one attached hydrogen (secondary N) is 1. The third-order valence-electron chi connectivity index (χ3n) is 4.16. The summed E-state index contributed by atoms with van der Waals surface area (Å²) < 4.78 is 27.3. The number of benzene rings is 1. The lowest BCUT2D eigenvalue weighted by molar-refractivity contribution is 0.336. The molecule has 0 unspecified atom stereocenters. The molecule has 1 aromatic rings.